The summed E-state index contributed by atoms with van der Waals surface area (Å²) in [6, 6.07) is 4.31. The topological polar surface area (TPSA) is 93.5 Å². The molecule has 15 heavy (non-hydrogen) atoms. The third-order valence-corrected chi connectivity index (χ3v) is 2.21. The fraction of sp³-hybridized carbons (Fsp3) is 0. The monoisotopic (exact) mass is 290 g/mol. The lowest BCUT2D eigenvalue weighted by Crippen LogP contribution is -2.39. The molecular weight excluding hydrogens is 283 g/mol. The average molecular weight is 292 g/mol. The maximum atomic E-state index is 10.5. The van der Waals surface area contributed by atoms with Crippen LogP contribution in [0.5, 0.6) is 0 Å². The van der Waals surface area contributed by atoms with Gasteiger partial charge in [0, 0.05) is 4.47 Å². The Kier molecular flexibility index (Phi) is 3.93. The number of rotatable bonds is 1. The number of benzene rings is 1. The smallest absolute Gasteiger partial charge is 0.318 e. The lowest BCUT2D eigenvalue weighted by molar-refractivity contribution is 0.253. The van der Waals surface area contributed by atoms with Crippen molar-refractivity contribution >= 4 is 45.2 Å². The van der Waals surface area contributed by atoms with Crippen molar-refractivity contribution < 1.29 is 4.79 Å². The summed E-state index contributed by atoms with van der Waals surface area (Å²) in [5.41, 5.74) is 10.7. The minimum absolute atomic E-state index is 0.109. The van der Waals surface area contributed by atoms with E-state index >= 15 is 0 Å². The SMILES string of the molecule is NC(=O)NC(N)=Nc1cc(Br)ccc1Cl. The van der Waals surface area contributed by atoms with Gasteiger partial charge in [0.2, 0.25) is 5.96 Å². The molecule has 7 heteroatoms. The molecule has 5 N–H and O–H groups in total. The summed E-state index contributed by atoms with van der Waals surface area (Å²) in [5, 5.41) is 2.55. The van der Waals surface area contributed by atoms with Crippen molar-refractivity contribution in [2.45, 2.75) is 0 Å². The van der Waals surface area contributed by atoms with E-state index in [1.54, 1.807) is 18.2 Å². The van der Waals surface area contributed by atoms with Gasteiger partial charge in [-0.3, -0.25) is 5.32 Å². The van der Waals surface area contributed by atoms with Gasteiger partial charge in [-0.15, -0.1) is 0 Å². The highest BCUT2D eigenvalue weighted by molar-refractivity contribution is 9.10. The third-order valence-electron chi connectivity index (χ3n) is 1.40. The molecular formula is C8H8BrClN4O. The number of nitrogens with two attached hydrogens (primary N) is 2. The molecule has 80 valence electrons. The Bertz CT molecular complexity index is 421. The van der Waals surface area contributed by atoms with Gasteiger partial charge in [0.25, 0.3) is 0 Å². The molecule has 0 bridgehead atoms. The number of amides is 2. The fourth-order valence-corrected chi connectivity index (χ4v) is 1.36. The van der Waals surface area contributed by atoms with Crippen LogP contribution in [0, 0.1) is 0 Å². The second kappa shape index (κ2) is 4.99. The van der Waals surface area contributed by atoms with E-state index in [1.807, 2.05) is 0 Å². The van der Waals surface area contributed by atoms with Crippen LogP contribution in [0.4, 0.5) is 10.5 Å². The van der Waals surface area contributed by atoms with Crippen LogP contribution in [-0.2, 0) is 0 Å². The van der Waals surface area contributed by atoms with Crippen LogP contribution in [-0.4, -0.2) is 12.0 Å². The van der Waals surface area contributed by atoms with Gasteiger partial charge in [-0.05, 0) is 18.2 Å². The number of urea groups is 1. The number of halogens is 2. The Morgan fingerprint density at radius 1 is 1.47 bits per heavy atom. The number of carbonyl (C=O) groups is 1. The molecule has 0 aromatic heterocycles. The lowest BCUT2D eigenvalue weighted by atomic mass is 10.3. The van der Waals surface area contributed by atoms with E-state index in [0.29, 0.717) is 10.7 Å². The molecule has 1 aromatic carbocycles. The highest BCUT2D eigenvalue weighted by Crippen LogP contribution is 2.27. The molecule has 1 rings (SSSR count). The molecule has 5 nitrogen and oxygen atoms in total. The maximum Gasteiger partial charge on any atom is 0.318 e. The largest absolute Gasteiger partial charge is 0.369 e. The number of carbonyl (C=O) groups excluding carboxylic acids is 1. The summed E-state index contributed by atoms with van der Waals surface area (Å²) in [6.45, 7) is 0. The summed E-state index contributed by atoms with van der Waals surface area (Å²) < 4.78 is 0.803. The molecule has 1 aromatic rings. The average Bonchev–Trinajstić information content (AvgIpc) is 2.10. The highest BCUT2D eigenvalue weighted by Gasteiger charge is 2.01. The van der Waals surface area contributed by atoms with Crippen molar-refractivity contribution in [2.24, 2.45) is 16.5 Å². The molecule has 0 atom stereocenters. The summed E-state index contributed by atoms with van der Waals surface area (Å²) in [5.74, 6) is -0.109. The Labute approximate surface area is 99.6 Å². The normalized spacial score (nSPS) is 11.2. The molecule has 0 aliphatic heterocycles. The van der Waals surface area contributed by atoms with Crippen LogP contribution in [0.1, 0.15) is 0 Å². The van der Waals surface area contributed by atoms with Gasteiger partial charge in [-0.2, -0.15) is 0 Å². The van der Waals surface area contributed by atoms with Crippen LogP contribution < -0.4 is 16.8 Å². The predicted octanol–water partition coefficient (Wildman–Crippen LogP) is 1.72. The van der Waals surface area contributed by atoms with Gasteiger partial charge in [-0.1, -0.05) is 27.5 Å². The highest BCUT2D eigenvalue weighted by atomic mass is 79.9. The first-order valence-corrected chi connectivity index (χ1v) is 5.02. The molecule has 0 aliphatic rings. The van der Waals surface area contributed by atoms with Gasteiger partial charge < -0.3 is 11.5 Å². The summed E-state index contributed by atoms with van der Waals surface area (Å²) in [7, 11) is 0. The third kappa shape index (κ3) is 3.77. The van der Waals surface area contributed by atoms with E-state index in [9.17, 15) is 4.79 Å². The van der Waals surface area contributed by atoms with E-state index in [4.69, 9.17) is 23.1 Å². The Hall–Kier alpha value is -1.27. The van der Waals surface area contributed by atoms with E-state index in [-0.39, 0.29) is 5.96 Å². The minimum Gasteiger partial charge on any atom is -0.369 e. The minimum atomic E-state index is -0.776. The van der Waals surface area contributed by atoms with Gasteiger partial charge in [0.05, 0.1) is 10.7 Å². The van der Waals surface area contributed by atoms with E-state index < -0.39 is 6.03 Å². The van der Waals surface area contributed by atoms with Crippen molar-refractivity contribution in [3.05, 3.63) is 27.7 Å². The Morgan fingerprint density at radius 3 is 2.73 bits per heavy atom. The molecule has 0 heterocycles. The first-order valence-electron chi connectivity index (χ1n) is 3.84. The number of aliphatic imine (C=N–C) groups is 1. The standard InChI is InChI=1S/C8H8BrClN4O/c9-4-1-2-5(10)6(3-4)13-7(11)14-8(12)15/h1-3H,(H5,11,12,13,14,15). The molecule has 0 saturated carbocycles. The van der Waals surface area contributed by atoms with Crippen LogP contribution in [0.2, 0.25) is 5.02 Å². The van der Waals surface area contributed by atoms with Crippen molar-refractivity contribution in [3.63, 3.8) is 0 Å². The fourth-order valence-electron chi connectivity index (χ4n) is 0.855. The second-order valence-electron chi connectivity index (χ2n) is 2.58. The molecule has 0 fully saturated rings. The van der Waals surface area contributed by atoms with Crippen LogP contribution in [0.3, 0.4) is 0 Å². The van der Waals surface area contributed by atoms with Crippen molar-refractivity contribution in [1.82, 2.24) is 5.32 Å². The summed E-state index contributed by atoms with van der Waals surface area (Å²) in [4.78, 5) is 14.3. The zero-order valence-corrected chi connectivity index (χ0v) is 9.84. The van der Waals surface area contributed by atoms with Crippen LogP contribution in [0.25, 0.3) is 0 Å². The van der Waals surface area contributed by atoms with Gasteiger partial charge in [0.1, 0.15) is 0 Å². The van der Waals surface area contributed by atoms with E-state index in [1.165, 1.54) is 0 Å². The number of guanidine groups is 1. The second-order valence-corrected chi connectivity index (χ2v) is 3.90. The number of nitrogens with one attached hydrogen (secondary N) is 1. The number of nitrogens with zero attached hydrogens (tertiary/aromatic N) is 1. The summed E-state index contributed by atoms with van der Waals surface area (Å²) >= 11 is 9.11. The van der Waals surface area contributed by atoms with E-state index in [0.717, 1.165) is 4.47 Å². The molecule has 2 amide bonds. The van der Waals surface area contributed by atoms with Gasteiger partial charge >= 0.3 is 6.03 Å². The predicted molar refractivity (Wildman–Crippen MR) is 63.2 cm³/mol. The zero-order chi connectivity index (χ0) is 11.4. The van der Waals surface area contributed by atoms with Crippen LogP contribution >= 0.6 is 27.5 Å². The van der Waals surface area contributed by atoms with Crippen LogP contribution in [0.15, 0.2) is 27.7 Å². The van der Waals surface area contributed by atoms with Crippen molar-refractivity contribution in [2.75, 3.05) is 0 Å². The quantitative estimate of drug-likeness (QED) is 0.543. The molecule has 0 aliphatic carbocycles. The van der Waals surface area contributed by atoms with Crippen molar-refractivity contribution in [1.29, 1.82) is 0 Å². The lowest BCUT2D eigenvalue weighted by Gasteiger charge is -2.02. The van der Waals surface area contributed by atoms with E-state index in [2.05, 4.69) is 26.2 Å². The Morgan fingerprint density at radius 2 is 2.13 bits per heavy atom. The maximum absolute atomic E-state index is 10.5. The molecule has 0 spiro atoms. The number of hydrogen-bond donors (Lipinski definition) is 3. The first kappa shape index (κ1) is 11.8. The number of primary amides is 1. The molecule has 0 radical (unpaired) electrons. The number of hydrogen-bond acceptors (Lipinski definition) is 2. The van der Waals surface area contributed by atoms with Crippen molar-refractivity contribution in [3.8, 4) is 0 Å². The summed E-state index contributed by atoms with van der Waals surface area (Å²) in [6.07, 6.45) is 0. The molecule has 0 unspecified atom stereocenters. The van der Waals surface area contributed by atoms with Gasteiger partial charge in [-0.25, -0.2) is 9.79 Å². The Balaban J connectivity index is 2.96. The molecule has 0 saturated heterocycles. The first-order chi connectivity index (χ1) is 6.99. The van der Waals surface area contributed by atoms with Gasteiger partial charge in [0.15, 0.2) is 0 Å². The zero-order valence-electron chi connectivity index (χ0n) is 7.50.